The molecule has 33 heavy (non-hydrogen) atoms. The second kappa shape index (κ2) is 11.9. The molecule has 3 atom stereocenters. The zero-order valence-electron chi connectivity index (χ0n) is 21.5. The lowest BCUT2D eigenvalue weighted by Gasteiger charge is -2.29. The van der Waals surface area contributed by atoms with Crippen LogP contribution in [0.1, 0.15) is 94.5 Å². The Morgan fingerprint density at radius 3 is 1.82 bits per heavy atom. The SMILES string of the molecule is CON(C)C(=O)[C@H](C)[C@@H](NS(=O)c1c(C(C)C)cc(C(C)C)cc1C(C)C)c1ccccc1. The van der Waals surface area contributed by atoms with Gasteiger partial charge in [0.05, 0.1) is 24.0 Å². The minimum absolute atomic E-state index is 0.181. The van der Waals surface area contributed by atoms with Crippen molar-refractivity contribution >= 4 is 16.9 Å². The molecular weight excluding hydrogens is 432 g/mol. The van der Waals surface area contributed by atoms with Gasteiger partial charge in [-0.3, -0.25) is 9.63 Å². The van der Waals surface area contributed by atoms with Crippen LogP contribution in [0.5, 0.6) is 0 Å². The smallest absolute Gasteiger partial charge is 0.250 e. The highest BCUT2D eigenvalue weighted by Gasteiger charge is 2.31. The first-order chi connectivity index (χ1) is 15.5. The van der Waals surface area contributed by atoms with Crippen molar-refractivity contribution in [3.63, 3.8) is 0 Å². The van der Waals surface area contributed by atoms with Crippen LogP contribution < -0.4 is 4.72 Å². The summed E-state index contributed by atoms with van der Waals surface area (Å²) in [4.78, 5) is 18.9. The van der Waals surface area contributed by atoms with Crippen LogP contribution in [0.3, 0.4) is 0 Å². The van der Waals surface area contributed by atoms with Crippen molar-refractivity contribution in [1.29, 1.82) is 0 Å². The Morgan fingerprint density at radius 2 is 1.39 bits per heavy atom. The van der Waals surface area contributed by atoms with E-state index in [1.165, 1.54) is 17.7 Å². The van der Waals surface area contributed by atoms with Gasteiger partial charge in [-0.1, -0.05) is 90.9 Å². The van der Waals surface area contributed by atoms with Gasteiger partial charge >= 0.3 is 0 Å². The molecule has 5 nitrogen and oxygen atoms in total. The van der Waals surface area contributed by atoms with E-state index >= 15 is 0 Å². The maximum Gasteiger partial charge on any atom is 0.250 e. The number of nitrogens with zero attached hydrogens (tertiary/aromatic N) is 1. The summed E-state index contributed by atoms with van der Waals surface area (Å²) in [7, 11) is 1.55. The zero-order valence-corrected chi connectivity index (χ0v) is 22.3. The summed E-state index contributed by atoms with van der Waals surface area (Å²) in [6.45, 7) is 14.8. The van der Waals surface area contributed by atoms with Crippen LogP contribution in [0.25, 0.3) is 0 Å². The Hall–Kier alpha value is -2.02. The van der Waals surface area contributed by atoms with Gasteiger partial charge in [0.2, 0.25) is 0 Å². The Balaban J connectivity index is 2.58. The monoisotopic (exact) mass is 472 g/mol. The average molecular weight is 473 g/mol. The predicted molar refractivity (Wildman–Crippen MR) is 136 cm³/mol. The molecule has 0 fully saturated rings. The number of amides is 1. The number of carbonyl (C=O) groups is 1. The fourth-order valence-electron chi connectivity index (χ4n) is 3.92. The summed E-state index contributed by atoms with van der Waals surface area (Å²) in [5.41, 5.74) is 4.35. The van der Waals surface area contributed by atoms with Crippen LogP contribution in [0.2, 0.25) is 0 Å². The van der Waals surface area contributed by atoms with E-state index in [-0.39, 0.29) is 17.7 Å². The molecule has 2 aromatic carbocycles. The van der Waals surface area contributed by atoms with Crippen molar-refractivity contribution in [2.75, 3.05) is 14.2 Å². The molecule has 2 aromatic rings. The highest BCUT2D eigenvalue weighted by molar-refractivity contribution is 7.83. The summed E-state index contributed by atoms with van der Waals surface area (Å²) < 4.78 is 17.3. The maximum absolute atomic E-state index is 14.0. The molecule has 2 rings (SSSR count). The largest absolute Gasteiger partial charge is 0.275 e. The van der Waals surface area contributed by atoms with Gasteiger partial charge in [-0.05, 0) is 40.0 Å². The van der Waals surface area contributed by atoms with Gasteiger partial charge in [0, 0.05) is 7.05 Å². The summed E-state index contributed by atoms with van der Waals surface area (Å²) in [5, 5.41) is 1.22. The average Bonchev–Trinajstić information content (AvgIpc) is 2.80. The van der Waals surface area contributed by atoms with Gasteiger partial charge in [-0.15, -0.1) is 0 Å². The third-order valence-corrected chi connectivity index (χ3v) is 7.44. The Bertz CT molecular complexity index is 928. The van der Waals surface area contributed by atoms with E-state index in [9.17, 15) is 9.00 Å². The minimum atomic E-state index is -1.51. The first-order valence-electron chi connectivity index (χ1n) is 11.7. The van der Waals surface area contributed by atoms with Crippen molar-refractivity contribution in [2.45, 2.75) is 77.2 Å². The van der Waals surface area contributed by atoms with E-state index in [2.05, 4.69) is 58.4 Å². The van der Waals surface area contributed by atoms with Gasteiger partial charge in [0.15, 0.2) is 0 Å². The van der Waals surface area contributed by atoms with E-state index in [1.54, 1.807) is 7.05 Å². The van der Waals surface area contributed by atoms with Gasteiger partial charge < -0.3 is 0 Å². The lowest BCUT2D eigenvalue weighted by Crippen LogP contribution is -2.39. The summed E-state index contributed by atoms with van der Waals surface area (Å²) in [5.74, 6) is 0.154. The molecule has 0 radical (unpaired) electrons. The molecule has 0 aromatic heterocycles. The third-order valence-electron chi connectivity index (χ3n) is 6.13. The molecule has 0 bridgehead atoms. The second-order valence-electron chi connectivity index (χ2n) is 9.57. The maximum atomic E-state index is 14.0. The number of rotatable bonds is 10. The highest BCUT2D eigenvalue weighted by Crippen LogP contribution is 2.35. The molecule has 0 aliphatic rings. The van der Waals surface area contributed by atoms with Crippen molar-refractivity contribution in [3.8, 4) is 0 Å². The van der Waals surface area contributed by atoms with Gasteiger partial charge in [0.1, 0.15) is 11.0 Å². The molecule has 0 saturated heterocycles. The van der Waals surface area contributed by atoms with E-state index in [1.807, 2.05) is 37.3 Å². The first-order valence-corrected chi connectivity index (χ1v) is 12.9. The van der Waals surface area contributed by atoms with E-state index in [4.69, 9.17) is 4.84 Å². The van der Waals surface area contributed by atoms with Gasteiger partial charge in [-0.2, -0.15) is 0 Å². The fraction of sp³-hybridized carbons (Fsp3) is 0.519. The van der Waals surface area contributed by atoms with Crippen LogP contribution in [-0.4, -0.2) is 29.3 Å². The highest BCUT2D eigenvalue weighted by atomic mass is 32.2. The van der Waals surface area contributed by atoms with Gasteiger partial charge in [-0.25, -0.2) is 14.0 Å². The fourth-order valence-corrected chi connectivity index (χ4v) is 5.62. The molecule has 0 spiro atoms. The van der Waals surface area contributed by atoms with Crippen molar-refractivity contribution in [2.24, 2.45) is 5.92 Å². The predicted octanol–water partition coefficient (Wildman–Crippen LogP) is 6.07. The summed E-state index contributed by atoms with van der Waals surface area (Å²) >= 11 is 0. The third kappa shape index (κ3) is 6.52. The molecule has 0 heterocycles. The van der Waals surface area contributed by atoms with Crippen LogP contribution in [-0.2, 0) is 20.6 Å². The second-order valence-corrected chi connectivity index (χ2v) is 10.8. The van der Waals surface area contributed by atoms with Crippen LogP contribution >= 0.6 is 0 Å². The lowest BCUT2D eigenvalue weighted by molar-refractivity contribution is -0.173. The summed E-state index contributed by atoms with van der Waals surface area (Å²) in [6.07, 6.45) is 0. The molecule has 0 aliphatic carbocycles. The van der Waals surface area contributed by atoms with Crippen LogP contribution in [0.15, 0.2) is 47.4 Å². The van der Waals surface area contributed by atoms with Crippen molar-refractivity contribution in [1.82, 2.24) is 9.79 Å². The quantitative estimate of drug-likeness (QED) is 0.427. The molecule has 182 valence electrons. The van der Waals surface area contributed by atoms with E-state index in [0.717, 1.165) is 21.6 Å². The molecule has 1 N–H and O–H groups in total. The van der Waals surface area contributed by atoms with E-state index < -0.39 is 22.9 Å². The zero-order chi connectivity index (χ0) is 24.9. The molecule has 0 aliphatic heterocycles. The normalized spacial score (nSPS) is 14.5. The topological polar surface area (TPSA) is 58.6 Å². The number of benzene rings is 2. The number of hydroxylamine groups is 2. The number of carbonyl (C=O) groups excluding carboxylic acids is 1. The standard InChI is InChI=1S/C27H40N2O3S/c1-17(2)22-15-23(18(3)4)26(24(16-22)19(5)6)33(31)28-25(21-13-11-10-12-14-21)20(7)27(30)29(8)32-9/h10-20,25,28H,1-9H3/t20-,25-,33?/m1/s1. The number of hydrogen-bond acceptors (Lipinski definition) is 3. The van der Waals surface area contributed by atoms with Crippen molar-refractivity contribution < 1.29 is 13.8 Å². The molecule has 1 amide bonds. The first kappa shape index (κ1) is 27.2. The number of nitrogens with one attached hydrogen (secondary N) is 1. The molecule has 1 unspecified atom stereocenters. The summed E-state index contributed by atoms with van der Waals surface area (Å²) in [6, 6.07) is 13.7. The minimum Gasteiger partial charge on any atom is -0.275 e. The van der Waals surface area contributed by atoms with Crippen molar-refractivity contribution in [3.05, 3.63) is 64.7 Å². The van der Waals surface area contributed by atoms with Gasteiger partial charge in [0.25, 0.3) is 5.91 Å². The Labute approximate surface area is 202 Å². The Kier molecular flexibility index (Phi) is 9.83. The lowest BCUT2D eigenvalue weighted by atomic mass is 9.89. The van der Waals surface area contributed by atoms with E-state index in [0.29, 0.717) is 5.92 Å². The van der Waals surface area contributed by atoms with Crippen LogP contribution in [0, 0.1) is 5.92 Å². The molecule has 6 heteroatoms. The molecular formula is C27H40N2O3S. The number of hydrogen-bond donors (Lipinski definition) is 1. The molecule has 0 saturated carbocycles. The van der Waals surface area contributed by atoms with Crippen LogP contribution in [0.4, 0.5) is 0 Å². The Morgan fingerprint density at radius 1 is 0.879 bits per heavy atom.